The summed E-state index contributed by atoms with van der Waals surface area (Å²) in [7, 11) is 5.14. The first-order valence-electron chi connectivity index (χ1n) is 17.1. The number of rotatable bonds is 14. The van der Waals surface area contributed by atoms with E-state index in [1.54, 1.807) is 48.3 Å². The molecule has 11 heteroatoms. The van der Waals surface area contributed by atoms with Crippen LogP contribution in [-0.4, -0.2) is 99.2 Å². The van der Waals surface area contributed by atoms with Crippen LogP contribution in [0.4, 0.5) is 11.4 Å². The van der Waals surface area contributed by atoms with Crippen molar-refractivity contribution in [3.63, 3.8) is 0 Å². The number of benzene rings is 2. The summed E-state index contributed by atoms with van der Waals surface area (Å²) < 4.78 is 23.2. The first-order valence-corrected chi connectivity index (χ1v) is 17.1. The van der Waals surface area contributed by atoms with Gasteiger partial charge in [-0.3, -0.25) is 19.5 Å². The van der Waals surface area contributed by atoms with Crippen LogP contribution in [0.1, 0.15) is 87.4 Å². The topological polar surface area (TPSA) is 113 Å². The van der Waals surface area contributed by atoms with Crippen molar-refractivity contribution in [3.8, 4) is 23.0 Å². The summed E-state index contributed by atoms with van der Waals surface area (Å²) in [5, 5.41) is 11.1. The number of unbranched alkanes of at least 4 members (excludes halogenated alkanes) is 2. The molecule has 0 aliphatic carbocycles. The highest BCUT2D eigenvalue weighted by Crippen LogP contribution is 2.42. The average molecular weight is 667 g/mol. The lowest BCUT2D eigenvalue weighted by atomic mass is 10.0. The van der Waals surface area contributed by atoms with Crippen LogP contribution in [0.2, 0.25) is 0 Å². The number of hydrogen-bond acceptors (Lipinski definition) is 10. The minimum absolute atomic E-state index is 0.133. The molecule has 11 nitrogen and oxygen atoms in total. The summed E-state index contributed by atoms with van der Waals surface area (Å²) in [5.41, 5.74) is 2.66. The molecule has 264 valence electrons. The van der Waals surface area contributed by atoms with Crippen molar-refractivity contribution in [1.29, 1.82) is 0 Å². The maximum Gasteiger partial charge on any atom is 0.256 e. The zero-order valence-corrected chi connectivity index (χ0v) is 30.0. The maximum atomic E-state index is 13.3. The monoisotopic (exact) mass is 666 g/mol. The molecule has 2 fully saturated rings. The number of aliphatic hydroxyl groups is 1. The fraction of sp³-hybridized carbons (Fsp3) is 0.541. The number of carbonyl (C=O) groups excluding carboxylic acids is 2. The van der Waals surface area contributed by atoms with Crippen LogP contribution in [-0.2, 0) is 0 Å². The van der Waals surface area contributed by atoms with Crippen molar-refractivity contribution < 1.29 is 33.6 Å². The van der Waals surface area contributed by atoms with Crippen molar-refractivity contribution in [2.45, 2.75) is 85.0 Å². The van der Waals surface area contributed by atoms with E-state index >= 15 is 0 Å². The van der Waals surface area contributed by atoms with Crippen LogP contribution in [0.5, 0.6) is 23.0 Å². The van der Waals surface area contributed by atoms with E-state index in [2.05, 4.69) is 16.5 Å². The second kappa shape index (κ2) is 18.5. The van der Waals surface area contributed by atoms with E-state index in [-0.39, 0.29) is 18.0 Å². The first kappa shape index (κ1) is 38.4. The molecule has 0 spiro atoms. The molecule has 2 saturated heterocycles. The minimum Gasteiger partial charge on any atom is -0.493 e. The number of allylic oxidation sites excluding steroid dienone is 1. The molecule has 3 heterocycles. The van der Waals surface area contributed by atoms with E-state index in [0.717, 1.165) is 44.9 Å². The Kier molecular flexibility index (Phi) is 14.7. The Hall–Kier alpha value is -4.09. The lowest BCUT2D eigenvalue weighted by molar-refractivity contribution is -0.00103. The molecule has 0 aromatic heterocycles. The third kappa shape index (κ3) is 8.49. The second-order valence-corrected chi connectivity index (χ2v) is 11.4. The van der Waals surface area contributed by atoms with Crippen LogP contribution in [0, 0.1) is 0 Å². The zero-order chi connectivity index (χ0) is 35.4. The van der Waals surface area contributed by atoms with Gasteiger partial charge in [0.2, 0.25) is 0 Å². The summed E-state index contributed by atoms with van der Waals surface area (Å²) in [4.78, 5) is 35.1. The van der Waals surface area contributed by atoms with Gasteiger partial charge in [0.1, 0.15) is 0 Å². The van der Waals surface area contributed by atoms with Gasteiger partial charge in [0.15, 0.2) is 35.5 Å². The molecule has 3 atom stereocenters. The Morgan fingerprint density at radius 1 is 0.938 bits per heavy atom. The van der Waals surface area contributed by atoms with Gasteiger partial charge >= 0.3 is 0 Å². The smallest absolute Gasteiger partial charge is 0.256 e. The van der Waals surface area contributed by atoms with E-state index in [0.29, 0.717) is 71.0 Å². The van der Waals surface area contributed by atoms with Crippen molar-refractivity contribution in [2.24, 2.45) is 4.99 Å². The highest BCUT2D eigenvalue weighted by atomic mass is 16.5. The summed E-state index contributed by atoms with van der Waals surface area (Å²) in [6, 6.07) is 6.87. The van der Waals surface area contributed by atoms with E-state index in [9.17, 15) is 14.7 Å². The van der Waals surface area contributed by atoms with Crippen molar-refractivity contribution in [3.05, 3.63) is 47.7 Å². The predicted molar refractivity (Wildman–Crippen MR) is 191 cm³/mol. The number of amides is 1. The van der Waals surface area contributed by atoms with Gasteiger partial charge in [0, 0.05) is 48.7 Å². The number of fused-ring (bicyclic) bond motifs is 2. The molecule has 2 aromatic rings. The van der Waals surface area contributed by atoms with Crippen molar-refractivity contribution in [1.82, 2.24) is 9.80 Å². The Morgan fingerprint density at radius 2 is 1.56 bits per heavy atom. The Balaban J connectivity index is 0.00000151. The third-order valence-electron chi connectivity index (χ3n) is 8.59. The molecule has 0 bridgehead atoms. The average Bonchev–Trinajstić information content (AvgIpc) is 3.13. The lowest BCUT2D eigenvalue weighted by Crippen LogP contribution is -2.59. The predicted octanol–water partition coefficient (Wildman–Crippen LogP) is 6.49. The molecule has 48 heavy (non-hydrogen) atoms. The first-order chi connectivity index (χ1) is 23.3. The van der Waals surface area contributed by atoms with E-state index in [1.807, 2.05) is 47.9 Å². The number of nitrogens with zero attached hydrogens (tertiary/aromatic N) is 4. The molecule has 0 radical (unpaired) electrons. The number of anilines is 1. The molecule has 2 aromatic carbocycles. The number of hydrogen-bond donors (Lipinski definition) is 1. The Bertz CT molecular complexity index is 1430. The Labute approximate surface area is 286 Å². The molecule has 3 aliphatic heterocycles. The maximum absolute atomic E-state index is 13.3. The highest BCUT2D eigenvalue weighted by Gasteiger charge is 2.45. The van der Waals surface area contributed by atoms with Gasteiger partial charge in [-0.15, -0.1) is 0 Å². The summed E-state index contributed by atoms with van der Waals surface area (Å²) in [5.74, 6) is 1.86. The van der Waals surface area contributed by atoms with Gasteiger partial charge in [0.05, 0.1) is 50.4 Å². The number of ether oxygens (including phenoxy) is 4. The molecule has 1 N–H and O–H groups in total. The van der Waals surface area contributed by atoms with Crippen LogP contribution in [0.3, 0.4) is 0 Å². The van der Waals surface area contributed by atoms with Crippen LogP contribution in [0.25, 0.3) is 0 Å². The fourth-order valence-electron chi connectivity index (χ4n) is 5.74. The minimum atomic E-state index is -0.881. The summed E-state index contributed by atoms with van der Waals surface area (Å²) >= 11 is 0. The standard InChI is InChI=1S/C33H42N4O7.2C2H6/c1-21(2)37-27-18-31(29(42-5)16-24(27)32(39)36-12-10-26(36)33(37)40)44-14-8-6-7-13-43-30-17-25(22(20-38)15-28(30)41-4)34-19-23-9-11-35(23)3;2*1-2/h15-20,23,26,33,40H,1,6-14H2,2-5H3;2*1-2H3. The van der Waals surface area contributed by atoms with E-state index in [4.69, 9.17) is 18.9 Å². The van der Waals surface area contributed by atoms with E-state index in [1.165, 1.54) is 0 Å². The van der Waals surface area contributed by atoms with Crippen molar-refractivity contribution in [2.75, 3.05) is 52.5 Å². The SMILES string of the molecule is C=C(C)N1c2cc(OCCCCCOc3cc(N=CC4CCN4C)c(C=O)cc3OC)c(OC)cc2C(=O)N2CCC2C1O.CC.CC. The zero-order valence-electron chi connectivity index (χ0n) is 30.0. The van der Waals surface area contributed by atoms with Gasteiger partial charge in [-0.2, -0.15) is 0 Å². The number of carbonyl (C=O) groups is 2. The molecular weight excluding hydrogens is 612 g/mol. The van der Waals surface area contributed by atoms with Crippen LogP contribution < -0.4 is 23.8 Å². The second-order valence-electron chi connectivity index (χ2n) is 11.4. The molecule has 1 amide bonds. The summed E-state index contributed by atoms with van der Waals surface area (Å²) in [6.45, 7) is 16.4. The number of likely N-dealkylation sites (tertiary alicyclic amines) is 1. The molecular formula is C37H54N4O7. The largest absolute Gasteiger partial charge is 0.493 e. The normalized spacial score (nSPS) is 19.6. The third-order valence-corrected chi connectivity index (χ3v) is 8.59. The van der Waals surface area contributed by atoms with Gasteiger partial charge in [0.25, 0.3) is 5.91 Å². The molecule has 0 saturated carbocycles. The number of methoxy groups -OCH3 is 2. The van der Waals surface area contributed by atoms with Crippen molar-refractivity contribution >= 4 is 29.8 Å². The van der Waals surface area contributed by atoms with E-state index < -0.39 is 6.23 Å². The van der Waals surface area contributed by atoms with Gasteiger partial charge < -0.3 is 33.9 Å². The number of aldehydes is 1. The highest BCUT2D eigenvalue weighted by molar-refractivity contribution is 6.02. The van der Waals surface area contributed by atoms with Gasteiger partial charge in [-0.1, -0.05) is 34.3 Å². The fourth-order valence-corrected chi connectivity index (χ4v) is 5.74. The summed E-state index contributed by atoms with van der Waals surface area (Å²) in [6.07, 6.45) is 5.93. The molecule has 3 aliphatic rings. The van der Waals surface area contributed by atoms with Crippen LogP contribution in [0.15, 0.2) is 41.5 Å². The van der Waals surface area contributed by atoms with Gasteiger partial charge in [-0.25, -0.2) is 0 Å². The van der Waals surface area contributed by atoms with Crippen LogP contribution >= 0.6 is 0 Å². The number of aliphatic imine (C=N–C) groups is 1. The van der Waals surface area contributed by atoms with Gasteiger partial charge in [-0.05, 0) is 58.2 Å². The molecule has 5 rings (SSSR count). The lowest BCUT2D eigenvalue weighted by Gasteiger charge is -2.44. The molecule has 3 unspecified atom stereocenters. The quantitative estimate of drug-likeness (QED) is 0.137. The number of aliphatic hydroxyl groups excluding tert-OH is 1. The Morgan fingerprint density at radius 3 is 2.06 bits per heavy atom.